The summed E-state index contributed by atoms with van der Waals surface area (Å²) in [6.45, 7) is 0. The fourth-order valence-electron chi connectivity index (χ4n) is 3.30. The number of aromatic nitrogens is 3. The van der Waals surface area contributed by atoms with Crippen LogP contribution in [0.25, 0.3) is 34.2 Å². The molecule has 0 spiro atoms. The number of methoxy groups -OCH3 is 4. The summed E-state index contributed by atoms with van der Waals surface area (Å²) in [5, 5.41) is 10.6. The fraction of sp³-hybridized carbons (Fsp3) is 0.160. The Balaban J connectivity index is 1.92. The molecule has 0 saturated heterocycles. The third-order valence-corrected chi connectivity index (χ3v) is 5.08. The van der Waals surface area contributed by atoms with Gasteiger partial charge < -0.3 is 24.1 Å². The van der Waals surface area contributed by atoms with Crippen LogP contribution >= 0.6 is 0 Å². The Bertz CT molecular complexity index is 1280. The molecular weight excluding hydrogens is 422 g/mol. The van der Waals surface area contributed by atoms with Crippen molar-refractivity contribution in [3.8, 4) is 62.9 Å². The van der Waals surface area contributed by atoms with Gasteiger partial charge in [-0.3, -0.25) is 0 Å². The number of aromatic hydroxyl groups is 1. The fourth-order valence-corrected chi connectivity index (χ4v) is 3.30. The van der Waals surface area contributed by atoms with Crippen LogP contribution in [0.5, 0.6) is 28.7 Å². The second kappa shape index (κ2) is 9.44. The Hall–Kier alpha value is -4.33. The van der Waals surface area contributed by atoms with Crippen molar-refractivity contribution in [3.05, 3.63) is 60.7 Å². The highest BCUT2D eigenvalue weighted by Crippen LogP contribution is 2.36. The molecule has 1 N–H and O–H groups in total. The van der Waals surface area contributed by atoms with Gasteiger partial charge in [-0.1, -0.05) is 0 Å². The van der Waals surface area contributed by atoms with Gasteiger partial charge in [-0.25, -0.2) is 15.0 Å². The number of ether oxygens (including phenoxy) is 4. The van der Waals surface area contributed by atoms with Gasteiger partial charge in [0.2, 0.25) is 0 Å². The van der Waals surface area contributed by atoms with Crippen molar-refractivity contribution in [1.82, 2.24) is 15.0 Å². The third kappa shape index (κ3) is 4.50. The zero-order valence-corrected chi connectivity index (χ0v) is 18.7. The predicted molar refractivity (Wildman–Crippen MR) is 124 cm³/mol. The Morgan fingerprint density at radius 1 is 0.545 bits per heavy atom. The summed E-state index contributed by atoms with van der Waals surface area (Å²) < 4.78 is 21.3. The van der Waals surface area contributed by atoms with E-state index in [1.54, 1.807) is 45.6 Å². The molecule has 4 aromatic rings. The maximum Gasteiger partial charge on any atom is 0.167 e. The molecule has 168 valence electrons. The largest absolute Gasteiger partial charge is 0.507 e. The minimum absolute atomic E-state index is 0.00567. The zero-order valence-electron chi connectivity index (χ0n) is 18.7. The number of benzene rings is 3. The van der Waals surface area contributed by atoms with E-state index in [9.17, 15) is 5.11 Å². The van der Waals surface area contributed by atoms with Crippen molar-refractivity contribution in [2.45, 2.75) is 0 Å². The molecule has 0 bridgehead atoms. The molecule has 0 aliphatic rings. The van der Waals surface area contributed by atoms with E-state index < -0.39 is 0 Å². The number of hydrogen-bond acceptors (Lipinski definition) is 8. The first kappa shape index (κ1) is 21.9. The maximum atomic E-state index is 10.6. The van der Waals surface area contributed by atoms with Crippen LogP contribution in [0.15, 0.2) is 60.7 Å². The van der Waals surface area contributed by atoms with Crippen molar-refractivity contribution < 1.29 is 24.1 Å². The molecule has 3 aromatic carbocycles. The van der Waals surface area contributed by atoms with E-state index >= 15 is 0 Å². The minimum atomic E-state index is -0.00567. The number of hydrogen-bond donors (Lipinski definition) is 1. The van der Waals surface area contributed by atoms with Gasteiger partial charge in [-0.05, 0) is 48.5 Å². The highest BCUT2D eigenvalue weighted by molar-refractivity contribution is 5.73. The van der Waals surface area contributed by atoms with Gasteiger partial charge in [0.25, 0.3) is 0 Å². The molecule has 4 rings (SSSR count). The van der Waals surface area contributed by atoms with Crippen LogP contribution in [-0.4, -0.2) is 48.5 Å². The molecule has 8 heteroatoms. The topological polar surface area (TPSA) is 95.8 Å². The van der Waals surface area contributed by atoms with Gasteiger partial charge in [0.05, 0.1) is 39.6 Å². The lowest BCUT2D eigenvalue weighted by Gasteiger charge is -2.13. The van der Waals surface area contributed by atoms with Crippen LogP contribution < -0.4 is 18.9 Å². The smallest absolute Gasteiger partial charge is 0.167 e. The Morgan fingerprint density at radius 3 is 1.64 bits per heavy atom. The monoisotopic (exact) mass is 445 g/mol. The molecule has 0 aliphatic carbocycles. The highest BCUT2D eigenvalue weighted by Gasteiger charge is 2.18. The molecule has 0 atom stereocenters. The van der Waals surface area contributed by atoms with E-state index in [0.717, 1.165) is 11.3 Å². The van der Waals surface area contributed by atoms with Gasteiger partial charge in [-0.2, -0.15) is 0 Å². The quantitative estimate of drug-likeness (QED) is 0.441. The van der Waals surface area contributed by atoms with Gasteiger partial charge in [0.1, 0.15) is 28.7 Å². The molecule has 0 radical (unpaired) electrons. The summed E-state index contributed by atoms with van der Waals surface area (Å²) in [6.07, 6.45) is 0. The van der Waals surface area contributed by atoms with Crippen LogP contribution in [0.3, 0.4) is 0 Å². The molecule has 0 unspecified atom stereocenters. The average Bonchev–Trinajstić information content (AvgIpc) is 2.87. The number of nitrogens with zero attached hydrogens (tertiary/aromatic N) is 3. The van der Waals surface area contributed by atoms with Crippen LogP contribution in [0, 0.1) is 0 Å². The van der Waals surface area contributed by atoms with Gasteiger partial charge in [-0.15, -0.1) is 0 Å². The maximum absolute atomic E-state index is 10.6. The standard InChI is InChI=1S/C25H23N3O5/c1-30-16-7-5-15(6-8-16)23-26-24(19-11-9-17(31-2)13-21(19)29)28-25(27-23)20-12-10-18(32-3)14-22(20)33-4/h5-14,29H,1-4H3. The van der Waals surface area contributed by atoms with Gasteiger partial charge >= 0.3 is 0 Å². The van der Waals surface area contributed by atoms with E-state index in [4.69, 9.17) is 23.9 Å². The molecule has 33 heavy (non-hydrogen) atoms. The van der Waals surface area contributed by atoms with Crippen molar-refractivity contribution >= 4 is 0 Å². The summed E-state index contributed by atoms with van der Waals surface area (Å²) in [5.41, 5.74) is 1.87. The van der Waals surface area contributed by atoms with Gasteiger partial charge in [0.15, 0.2) is 17.5 Å². The summed E-state index contributed by atoms with van der Waals surface area (Å²) in [4.78, 5) is 14.0. The first-order valence-corrected chi connectivity index (χ1v) is 10.1. The second-order valence-electron chi connectivity index (χ2n) is 6.98. The number of phenols is 1. The van der Waals surface area contributed by atoms with E-state index in [-0.39, 0.29) is 5.75 Å². The van der Waals surface area contributed by atoms with Gasteiger partial charge in [0, 0.05) is 17.7 Å². The minimum Gasteiger partial charge on any atom is -0.507 e. The van der Waals surface area contributed by atoms with E-state index in [2.05, 4.69) is 9.97 Å². The Morgan fingerprint density at radius 2 is 1.06 bits per heavy atom. The normalized spacial score (nSPS) is 10.5. The molecule has 8 nitrogen and oxygen atoms in total. The first-order chi connectivity index (χ1) is 16.1. The van der Waals surface area contributed by atoms with Crippen molar-refractivity contribution in [3.63, 3.8) is 0 Å². The van der Waals surface area contributed by atoms with E-state index in [0.29, 0.717) is 45.8 Å². The molecule has 0 saturated carbocycles. The van der Waals surface area contributed by atoms with E-state index in [1.165, 1.54) is 13.2 Å². The zero-order chi connectivity index (χ0) is 23.4. The third-order valence-electron chi connectivity index (χ3n) is 5.08. The summed E-state index contributed by atoms with van der Waals surface area (Å²) >= 11 is 0. The van der Waals surface area contributed by atoms with Crippen LogP contribution in [0.4, 0.5) is 0 Å². The van der Waals surface area contributed by atoms with Crippen LogP contribution in [0.2, 0.25) is 0 Å². The van der Waals surface area contributed by atoms with Crippen molar-refractivity contribution in [2.75, 3.05) is 28.4 Å². The molecule has 1 aromatic heterocycles. The Kier molecular flexibility index (Phi) is 6.26. The lowest BCUT2D eigenvalue weighted by atomic mass is 10.1. The lowest BCUT2D eigenvalue weighted by molar-refractivity contribution is 0.395. The summed E-state index contributed by atoms with van der Waals surface area (Å²) in [7, 11) is 6.30. The van der Waals surface area contributed by atoms with Crippen LogP contribution in [0.1, 0.15) is 0 Å². The summed E-state index contributed by atoms with van der Waals surface area (Å²) in [5.74, 6) is 3.57. The molecular formula is C25H23N3O5. The predicted octanol–water partition coefficient (Wildman–Crippen LogP) is 4.61. The van der Waals surface area contributed by atoms with Crippen molar-refractivity contribution in [2.24, 2.45) is 0 Å². The first-order valence-electron chi connectivity index (χ1n) is 10.1. The number of rotatable bonds is 7. The molecule has 0 fully saturated rings. The second-order valence-corrected chi connectivity index (χ2v) is 6.98. The number of phenolic OH excluding ortho intramolecular Hbond substituents is 1. The SMILES string of the molecule is COc1ccc(-c2nc(-c3ccc(OC)cc3O)nc(-c3ccc(OC)cc3OC)n2)cc1. The molecule has 1 heterocycles. The van der Waals surface area contributed by atoms with Crippen molar-refractivity contribution in [1.29, 1.82) is 0 Å². The average molecular weight is 445 g/mol. The molecule has 0 aliphatic heterocycles. The molecule has 0 amide bonds. The lowest BCUT2D eigenvalue weighted by Crippen LogP contribution is -2.02. The highest BCUT2D eigenvalue weighted by atomic mass is 16.5. The Labute approximate surface area is 191 Å². The summed E-state index contributed by atoms with van der Waals surface area (Å²) in [6, 6.07) is 17.7. The van der Waals surface area contributed by atoms with E-state index in [1.807, 2.05) is 30.3 Å². The van der Waals surface area contributed by atoms with Crippen LogP contribution in [-0.2, 0) is 0 Å².